The van der Waals surface area contributed by atoms with Gasteiger partial charge in [-0.3, -0.25) is 4.79 Å². The highest BCUT2D eigenvalue weighted by atomic mass is 32.2. The SMILES string of the molecule is Cc1ccccc1S(=O)(=O)N[C@H](Cc1ccc(-c2cccc(C)c2C)cc1)C(=O)O. The van der Waals surface area contributed by atoms with Crippen LogP contribution in [0.3, 0.4) is 0 Å². The molecule has 0 saturated heterocycles. The predicted molar refractivity (Wildman–Crippen MR) is 118 cm³/mol. The zero-order chi connectivity index (χ0) is 21.9. The molecule has 6 heteroatoms. The molecule has 0 aromatic heterocycles. The first-order valence-corrected chi connectivity index (χ1v) is 11.1. The third-order valence-corrected chi connectivity index (χ3v) is 6.92. The second kappa shape index (κ2) is 8.81. The molecular weight excluding hydrogens is 398 g/mol. The van der Waals surface area contributed by atoms with Crippen molar-refractivity contribution < 1.29 is 18.3 Å². The van der Waals surface area contributed by atoms with E-state index in [9.17, 15) is 18.3 Å². The molecule has 156 valence electrons. The first-order valence-electron chi connectivity index (χ1n) is 9.65. The number of carbonyl (C=O) groups is 1. The molecular formula is C24H25NO4S. The van der Waals surface area contributed by atoms with Gasteiger partial charge in [0, 0.05) is 0 Å². The maximum absolute atomic E-state index is 12.7. The fourth-order valence-corrected chi connectivity index (χ4v) is 4.84. The molecule has 2 N–H and O–H groups in total. The van der Waals surface area contributed by atoms with Crippen LogP contribution < -0.4 is 4.72 Å². The smallest absolute Gasteiger partial charge is 0.322 e. The van der Waals surface area contributed by atoms with Gasteiger partial charge in [-0.15, -0.1) is 0 Å². The topological polar surface area (TPSA) is 83.5 Å². The Bertz CT molecular complexity index is 1170. The molecule has 1 atom stereocenters. The van der Waals surface area contributed by atoms with E-state index >= 15 is 0 Å². The molecule has 3 rings (SSSR count). The van der Waals surface area contributed by atoms with Crippen LogP contribution in [0, 0.1) is 20.8 Å². The van der Waals surface area contributed by atoms with Gasteiger partial charge in [-0.25, -0.2) is 8.42 Å². The number of hydrogen-bond donors (Lipinski definition) is 2. The van der Waals surface area contributed by atoms with Gasteiger partial charge in [-0.1, -0.05) is 60.7 Å². The molecule has 0 aliphatic carbocycles. The lowest BCUT2D eigenvalue weighted by atomic mass is 9.95. The third-order valence-electron chi connectivity index (χ3n) is 5.29. The summed E-state index contributed by atoms with van der Waals surface area (Å²) in [7, 11) is -3.95. The summed E-state index contributed by atoms with van der Waals surface area (Å²) in [6.45, 7) is 5.81. The number of sulfonamides is 1. The van der Waals surface area contributed by atoms with E-state index in [1.807, 2.05) is 36.4 Å². The molecule has 0 aliphatic heterocycles. The number of carboxylic acid groups (broad SMARTS) is 1. The molecule has 0 bridgehead atoms. The number of nitrogens with one attached hydrogen (secondary N) is 1. The Kier molecular flexibility index (Phi) is 6.39. The van der Waals surface area contributed by atoms with Gasteiger partial charge in [-0.2, -0.15) is 4.72 Å². The standard InChI is InChI=1S/C24H25NO4S/c1-16-8-6-9-21(18(16)3)20-13-11-19(12-14-20)15-22(24(26)27)25-30(28,29)23-10-5-4-7-17(23)2/h4-14,22,25H,15H2,1-3H3,(H,26,27)/t22-/m1/s1. The van der Waals surface area contributed by atoms with Crippen molar-refractivity contribution in [2.24, 2.45) is 0 Å². The number of rotatable bonds is 7. The van der Waals surface area contributed by atoms with Crippen molar-refractivity contribution in [2.75, 3.05) is 0 Å². The average molecular weight is 424 g/mol. The van der Waals surface area contributed by atoms with Gasteiger partial charge in [0.2, 0.25) is 10.0 Å². The van der Waals surface area contributed by atoms with Crippen molar-refractivity contribution in [1.29, 1.82) is 0 Å². The molecule has 0 heterocycles. The minimum Gasteiger partial charge on any atom is -0.480 e. The summed E-state index contributed by atoms with van der Waals surface area (Å²) in [4.78, 5) is 11.8. The van der Waals surface area contributed by atoms with Crippen LogP contribution in [0.1, 0.15) is 22.3 Å². The number of aliphatic carboxylic acids is 1. The highest BCUT2D eigenvalue weighted by Crippen LogP contribution is 2.26. The molecule has 0 saturated carbocycles. The average Bonchev–Trinajstić information content (AvgIpc) is 2.70. The lowest BCUT2D eigenvalue weighted by Crippen LogP contribution is -2.42. The molecule has 3 aromatic carbocycles. The van der Waals surface area contributed by atoms with Crippen molar-refractivity contribution in [3.05, 3.63) is 89.0 Å². The van der Waals surface area contributed by atoms with Gasteiger partial charge in [0.15, 0.2) is 0 Å². The zero-order valence-corrected chi connectivity index (χ0v) is 18.0. The number of aryl methyl sites for hydroxylation is 2. The lowest BCUT2D eigenvalue weighted by molar-refractivity contribution is -0.138. The monoisotopic (exact) mass is 423 g/mol. The van der Waals surface area contributed by atoms with Gasteiger partial charge in [0.25, 0.3) is 0 Å². The van der Waals surface area contributed by atoms with Crippen molar-refractivity contribution in [2.45, 2.75) is 38.1 Å². The van der Waals surface area contributed by atoms with Crippen molar-refractivity contribution in [3.63, 3.8) is 0 Å². The van der Waals surface area contributed by atoms with E-state index in [1.54, 1.807) is 25.1 Å². The Balaban J connectivity index is 1.81. The Hall–Kier alpha value is -2.96. The summed E-state index contributed by atoms with van der Waals surface area (Å²) in [6, 6.07) is 18.9. The number of hydrogen-bond acceptors (Lipinski definition) is 3. The van der Waals surface area contributed by atoms with Crippen molar-refractivity contribution >= 4 is 16.0 Å². The molecule has 30 heavy (non-hydrogen) atoms. The third kappa shape index (κ3) is 4.78. The second-order valence-corrected chi connectivity index (χ2v) is 9.11. The Morgan fingerprint density at radius 3 is 2.17 bits per heavy atom. The molecule has 0 fully saturated rings. The molecule has 5 nitrogen and oxygen atoms in total. The van der Waals surface area contributed by atoms with Crippen LogP contribution in [-0.4, -0.2) is 25.5 Å². The Morgan fingerprint density at radius 1 is 0.900 bits per heavy atom. The number of carboxylic acids is 1. The van der Waals surface area contributed by atoms with Crippen LogP contribution in [0.2, 0.25) is 0 Å². The Labute approximate surface area is 177 Å². The van der Waals surface area contributed by atoms with E-state index in [1.165, 1.54) is 17.2 Å². The van der Waals surface area contributed by atoms with Crippen LogP contribution in [0.4, 0.5) is 0 Å². The molecule has 0 amide bonds. The Morgan fingerprint density at radius 2 is 1.53 bits per heavy atom. The van der Waals surface area contributed by atoms with E-state index in [4.69, 9.17) is 0 Å². The maximum Gasteiger partial charge on any atom is 0.322 e. The van der Waals surface area contributed by atoms with E-state index in [0.29, 0.717) is 5.56 Å². The van der Waals surface area contributed by atoms with Crippen LogP contribution >= 0.6 is 0 Å². The summed E-state index contributed by atoms with van der Waals surface area (Å²) < 4.78 is 27.7. The fraction of sp³-hybridized carbons (Fsp3) is 0.208. The summed E-state index contributed by atoms with van der Waals surface area (Å²) >= 11 is 0. The van der Waals surface area contributed by atoms with Crippen molar-refractivity contribution in [3.8, 4) is 11.1 Å². The van der Waals surface area contributed by atoms with Crippen molar-refractivity contribution in [1.82, 2.24) is 4.72 Å². The first-order chi connectivity index (χ1) is 14.2. The summed E-state index contributed by atoms with van der Waals surface area (Å²) in [5.74, 6) is -1.22. The van der Waals surface area contributed by atoms with Gasteiger partial charge >= 0.3 is 5.97 Å². The lowest BCUT2D eigenvalue weighted by Gasteiger charge is -2.16. The highest BCUT2D eigenvalue weighted by molar-refractivity contribution is 7.89. The van der Waals surface area contributed by atoms with Gasteiger partial charge in [0.1, 0.15) is 6.04 Å². The molecule has 0 radical (unpaired) electrons. The van der Waals surface area contributed by atoms with Crippen LogP contribution in [0.5, 0.6) is 0 Å². The predicted octanol–water partition coefficient (Wildman–Crippen LogP) is 4.25. The molecule has 0 aliphatic rings. The fourth-order valence-electron chi connectivity index (χ4n) is 3.41. The molecule has 0 spiro atoms. The summed E-state index contributed by atoms with van der Waals surface area (Å²) in [5, 5.41) is 9.59. The minimum atomic E-state index is -3.95. The second-order valence-electron chi connectivity index (χ2n) is 7.43. The minimum absolute atomic E-state index is 0.0491. The van der Waals surface area contributed by atoms with Gasteiger partial charge in [0.05, 0.1) is 4.90 Å². The molecule has 3 aromatic rings. The largest absolute Gasteiger partial charge is 0.480 e. The quantitative estimate of drug-likeness (QED) is 0.595. The highest BCUT2D eigenvalue weighted by Gasteiger charge is 2.26. The van der Waals surface area contributed by atoms with Crippen LogP contribution in [0.25, 0.3) is 11.1 Å². The van der Waals surface area contributed by atoms with Gasteiger partial charge < -0.3 is 5.11 Å². The molecule has 0 unspecified atom stereocenters. The van der Waals surface area contributed by atoms with Gasteiger partial charge in [-0.05, 0) is 66.6 Å². The number of benzene rings is 3. The summed E-state index contributed by atoms with van der Waals surface area (Å²) in [5.41, 5.74) is 5.85. The maximum atomic E-state index is 12.7. The van der Waals surface area contributed by atoms with E-state index in [0.717, 1.165) is 16.7 Å². The normalized spacial score (nSPS) is 12.5. The van der Waals surface area contributed by atoms with E-state index in [2.05, 4.69) is 24.6 Å². The zero-order valence-electron chi connectivity index (χ0n) is 17.2. The van der Waals surface area contributed by atoms with Crippen LogP contribution in [0.15, 0.2) is 71.6 Å². The van der Waals surface area contributed by atoms with Crippen LogP contribution in [-0.2, 0) is 21.2 Å². The summed E-state index contributed by atoms with van der Waals surface area (Å²) in [6.07, 6.45) is 0.0491. The first kappa shape index (κ1) is 21.7. The van der Waals surface area contributed by atoms with E-state index < -0.39 is 22.0 Å². The van der Waals surface area contributed by atoms with E-state index in [-0.39, 0.29) is 11.3 Å².